The van der Waals surface area contributed by atoms with Crippen molar-refractivity contribution in [3.63, 3.8) is 0 Å². The monoisotopic (exact) mass is 248 g/mol. The van der Waals surface area contributed by atoms with Crippen LogP contribution >= 0.6 is 17.0 Å². The van der Waals surface area contributed by atoms with E-state index in [4.69, 9.17) is 5.11 Å². The molecule has 1 rings (SSSR count). The van der Waals surface area contributed by atoms with Crippen molar-refractivity contribution < 1.29 is 9.90 Å². The Kier molecular flexibility index (Phi) is 3.73. The highest BCUT2D eigenvalue weighted by atomic mass is 79.9. The van der Waals surface area contributed by atoms with Crippen LogP contribution in [-0.4, -0.2) is 11.1 Å². The van der Waals surface area contributed by atoms with E-state index in [1.807, 2.05) is 27.7 Å². The number of allylic oxidation sites excluding steroid dienone is 2. The van der Waals surface area contributed by atoms with E-state index in [-0.39, 0.29) is 34.2 Å². The molecule has 76 valence electrons. The van der Waals surface area contributed by atoms with Crippen LogP contribution in [0.5, 0.6) is 0 Å². The minimum atomic E-state index is -0.664. The van der Waals surface area contributed by atoms with Crippen molar-refractivity contribution in [3.05, 3.63) is 11.6 Å². The Morgan fingerprint density at radius 1 is 1.38 bits per heavy atom. The second-order valence-electron chi connectivity index (χ2n) is 4.41. The van der Waals surface area contributed by atoms with Crippen molar-refractivity contribution in [2.45, 2.75) is 27.7 Å². The highest BCUT2D eigenvalue weighted by Crippen LogP contribution is 2.59. The molecule has 2 atom stereocenters. The summed E-state index contributed by atoms with van der Waals surface area (Å²) in [4.78, 5) is 10.7. The lowest BCUT2D eigenvalue weighted by Crippen LogP contribution is -2.02. The quantitative estimate of drug-likeness (QED) is 0.764. The predicted octanol–water partition coefficient (Wildman–Crippen LogP) is 2.89. The second-order valence-corrected chi connectivity index (χ2v) is 4.41. The highest BCUT2D eigenvalue weighted by molar-refractivity contribution is 8.93. The fourth-order valence-corrected chi connectivity index (χ4v) is 1.82. The van der Waals surface area contributed by atoms with Gasteiger partial charge in [0, 0.05) is 0 Å². The van der Waals surface area contributed by atoms with E-state index in [2.05, 4.69) is 6.08 Å². The van der Waals surface area contributed by atoms with Gasteiger partial charge in [0.1, 0.15) is 0 Å². The number of rotatable bonds is 2. The zero-order valence-electron chi connectivity index (χ0n) is 8.50. The Hall–Kier alpha value is -0.310. The first kappa shape index (κ1) is 12.7. The molecule has 1 aliphatic rings. The maximum absolute atomic E-state index is 10.7. The Morgan fingerprint density at radius 3 is 2.08 bits per heavy atom. The summed E-state index contributed by atoms with van der Waals surface area (Å²) in [7, 11) is 0. The van der Waals surface area contributed by atoms with Gasteiger partial charge >= 0.3 is 5.97 Å². The average molecular weight is 249 g/mol. The lowest BCUT2D eigenvalue weighted by atomic mass is 10.1. The summed E-state index contributed by atoms with van der Waals surface area (Å²) in [6.07, 6.45) is 2.07. The molecule has 0 aromatic carbocycles. The molecule has 0 bridgehead atoms. The van der Waals surface area contributed by atoms with E-state index < -0.39 is 5.97 Å². The van der Waals surface area contributed by atoms with Gasteiger partial charge in [-0.15, -0.1) is 17.0 Å². The molecule has 0 heterocycles. The molecule has 0 radical (unpaired) electrons. The number of carboxylic acids is 1. The molecule has 0 aliphatic heterocycles. The molecule has 1 N–H and O–H groups in total. The van der Waals surface area contributed by atoms with E-state index >= 15 is 0 Å². The first-order valence-corrected chi connectivity index (χ1v) is 4.25. The van der Waals surface area contributed by atoms with Crippen molar-refractivity contribution in [1.29, 1.82) is 0 Å². The van der Waals surface area contributed by atoms with Crippen LogP contribution in [0.15, 0.2) is 11.6 Å². The SMILES string of the molecule is Br.CC(C)=CC1C(C(=O)O)C1(C)C. The molecule has 2 unspecified atom stereocenters. The van der Waals surface area contributed by atoms with Crippen molar-refractivity contribution in [2.75, 3.05) is 0 Å². The second kappa shape index (κ2) is 3.82. The Bertz CT molecular complexity index is 239. The Labute approximate surface area is 89.8 Å². The zero-order chi connectivity index (χ0) is 9.52. The molecule has 0 aromatic heterocycles. The van der Waals surface area contributed by atoms with Gasteiger partial charge in [0.2, 0.25) is 0 Å². The van der Waals surface area contributed by atoms with E-state index in [9.17, 15) is 4.79 Å². The lowest BCUT2D eigenvalue weighted by molar-refractivity contribution is -0.139. The van der Waals surface area contributed by atoms with Crippen LogP contribution in [-0.2, 0) is 4.79 Å². The Morgan fingerprint density at radius 2 is 1.85 bits per heavy atom. The average Bonchev–Trinajstić information content (AvgIpc) is 2.32. The fraction of sp³-hybridized carbons (Fsp3) is 0.700. The third-order valence-electron chi connectivity index (χ3n) is 2.69. The minimum Gasteiger partial charge on any atom is -0.481 e. The number of hydrogen-bond donors (Lipinski definition) is 1. The smallest absolute Gasteiger partial charge is 0.307 e. The molecule has 1 saturated carbocycles. The predicted molar refractivity (Wildman–Crippen MR) is 58.1 cm³/mol. The Balaban J connectivity index is 0.00000144. The minimum absolute atomic E-state index is 0. The normalized spacial score (nSPS) is 28.6. The van der Waals surface area contributed by atoms with Crippen LogP contribution in [0.3, 0.4) is 0 Å². The molecule has 0 aromatic rings. The van der Waals surface area contributed by atoms with Crippen LogP contribution in [0.1, 0.15) is 27.7 Å². The van der Waals surface area contributed by atoms with Gasteiger partial charge in [-0.05, 0) is 25.2 Å². The van der Waals surface area contributed by atoms with Crippen LogP contribution in [0.25, 0.3) is 0 Å². The van der Waals surface area contributed by atoms with Crippen molar-refractivity contribution in [1.82, 2.24) is 0 Å². The number of halogens is 1. The van der Waals surface area contributed by atoms with Gasteiger partial charge < -0.3 is 5.11 Å². The van der Waals surface area contributed by atoms with E-state index in [0.29, 0.717) is 0 Å². The topological polar surface area (TPSA) is 37.3 Å². The van der Waals surface area contributed by atoms with Gasteiger partial charge in [0.05, 0.1) is 5.92 Å². The van der Waals surface area contributed by atoms with Crippen molar-refractivity contribution >= 4 is 23.0 Å². The summed E-state index contributed by atoms with van der Waals surface area (Å²) in [5.74, 6) is -0.602. The summed E-state index contributed by atoms with van der Waals surface area (Å²) in [5.41, 5.74) is 1.17. The van der Waals surface area contributed by atoms with Gasteiger partial charge in [-0.2, -0.15) is 0 Å². The molecule has 0 amide bonds. The van der Waals surface area contributed by atoms with Crippen LogP contribution in [0.4, 0.5) is 0 Å². The van der Waals surface area contributed by atoms with Gasteiger partial charge in [-0.3, -0.25) is 4.79 Å². The number of carbonyl (C=O) groups is 1. The number of carboxylic acid groups (broad SMARTS) is 1. The number of hydrogen-bond acceptors (Lipinski definition) is 1. The largest absolute Gasteiger partial charge is 0.481 e. The summed E-state index contributed by atoms with van der Waals surface area (Å²) in [6.45, 7) is 8.03. The highest BCUT2D eigenvalue weighted by Gasteiger charge is 2.60. The summed E-state index contributed by atoms with van der Waals surface area (Å²) < 4.78 is 0. The fourth-order valence-electron chi connectivity index (χ4n) is 1.82. The summed E-state index contributed by atoms with van der Waals surface area (Å²) in [5, 5.41) is 8.84. The molecular weight excluding hydrogens is 232 g/mol. The lowest BCUT2D eigenvalue weighted by Gasteiger charge is -1.96. The summed E-state index contributed by atoms with van der Waals surface area (Å²) >= 11 is 0. The molecule has 0 saturated heterocycles. The molecule has 1 aliphatic carbocycles. The van der Waals surface area contributed by atoms with Crippen LogP contribution in [0, 0.1) is 17.3 Å². The first-order valence-electron chi connectivity index (χ1n) is 4.25. The van der Waals surface area contributed by atoms with Gasteiger partial charge in [0.15, 0.2) is 0 Å². The summed E-state index contributed by atoms with van der Waals surface area (Å²) in [6, 6.07) is 0. The first-order chi connectivity index (χ1) is 5.37. The molecular formula is C10H17BrO2. The number of aliphatic carboxylic acids is 1. The van der Waals surface area contributed by atoms with Crippen LogP contribution in [0.2, 0.25) is 0 Å². The van der Waals surface area contributed by atoms with E-state index in [0.717, 1.165) is 0 Å². The maximum Gasteiger partial charge on any atom is 0.307 e. The van der Waals surface area contributed by atoms with E-state index in [1.165, 1.54) is 5.57 Å². The molecule has 1 fully saturated rings. The standard InChI is InChI=1S/C10H16O2.BrH/c1-6(2)5-7-8(9(11)12)10(7,3)4;/h5,7-8H,1-4H3,(H,11,12);1H. The van der Waals surface area contributed by atoms with Gasteiger partial charge in [-0.25, -0.2) is 0 Å². The molecule has 0 spiro atoms. The van der Waals surface area contributed by atoms with Crippen LogP contribution < -0.4 is 0 Å². The third kappa shape index (κ3) is 2.33. The molecule has 13 heavy (non-hydrogen) atoms. The zero-order valence-corrected chi connectivity index (χ0v) is 10.2. The molecule has 3 heteroatoms. The van der Waals surface area contributed by atoms with Crippen molar-refractivity contribution in [2.24, 2.45) is 17.3 Å². The maximum atomic E-state index is 10.7. The van der Waals surface area contributed by atoms with E-state index in [1.54, 1.807) is 0 Å². The van der Waals surface area contributed by atoms with Crippen molar-refractivity contribution in [3.8, 4) is 0 Å². The third-order valence-corrected chi connectivity index (χ3v) is 2.69. The van der Waals surface area contributed by atoms with Gasteiger partial charge in [-0.1, -0.05) is 25.5 Å². The van der Waals surface area contributed by atoms with Gasteiger partial charge in [0.25, 0.3) is 0 Å². The molecule has 2 nitrogen and oxygen atoms in total.